The molecule has 0 aliphatic carbocycles. The smallest absolute Gasteiger partial charge is 0.0550 e. The summed E-state index contributed by atoms with van der Waals surface area (Å²) in [5.74, 6) is 7.67. The van der Waals surface area contributed by atoms with E-state index >= 15 is 0 Å². The predicted octanol–water partition coefficient (Wildman–Crippen LogP) is 2.25. The molecule has 1 rings (SSSR count). The molecular weight excluding hydrogens is 192 g/mol. The maximum Gasteiger partial charge on any atom is 0.0550 e. The third-order valence-electron chi connectivity index (χ3n) is 2.17. The summed E-state index contributed by atoms with van der Waals surface area (Å²) < 4.78 is 0. The summed E-state index contributed by atoms with van der Waals surface area (Å²) in [5.41, 5.74) is 5.40. The van der Waals surface area contributed by atoms with Gasteiger partial charge in [-0.1, -0.05) is 36.8 Å². The van der Waals surface area contributed by atoms with Crippen molar-refractivity contribution in [1.82, 2.24) is 5.43 Å². The number of hydrogen-bond acceptors (Lipinski definition) is 3. The highest BCUT2D eigenvalue weighted by Crippen LogP contribution is 2.17. The van der Waals surface area contributed by atoms with Gasteiger partial charge in [0.15, 0.2) is 0 Å². The van der Waals surface area contributed by atoms with Crippen LogP contribution < -0.4 is 11.3 Å². The molecule has 1 aromatic rings. The molecule has 0 saturated carbocycles. The molecule has 1 atom stereocenters. The first-order valence-electron chi connectivity index (χ1n) is 4.88. The summed E-state index contributed by atoms with van der Waals surface area (Å²) in [6, 6.07) is 8.78. The first-order chi connectivity index (χ1) is 6.77. The number of nitrogens with two attached hydrogens (primary N) is 1. The number of nitrogens with one attached hydrogen (secondary N) is 1. The Morgan fingerprint density at radius 1 is 1.36 bits per heavy atom. The molecule has 0 aliphatic heterocycles. The SMILES string of the molecule is CCSCC(NN)c1ccc(C)cc1. The Labute approximate surface area is 90.2 Å². The van der Waals surface area contributed by atoms with Crippen molar-refractivity contribution in [3.05, 3.63) is 35.4 Å². The second-order valence-corrected chi connectivity index (χ2v) is 4.61. The number of rotatable bonds is 5. The van der Waals surface area contributed by atoms with Crippen LogP contribution in [-0.4, -0.2) is 11.5 Å². The number of benzene rings is 1. The van der Waals surface area contributed by atoms with Gasteiger partial charge in [-0.3, -0.25) is 11.3 Å². The Balaban J connectivity index is 2.64. The maximum atomic E-state index is 5.52. The first kappa shape index (κ1) is 11.6. The van der Waals surface area contributed by atoms with Crippen molar-refractivity contribution in [2.75, 3.05) is 11.5 Å². The van der Waals surface area contributed by atoms with Crippen molar-refractivity contribution in [1.29, 1.82) is 0 Å². The van der Waals surface area contributed by atoms with Gasteiger partial charge < -0.3 is 0 Å². The Morgan fingerprint density at radius 3 is 2.50 bits per heavy atom. The minimum absolute atomic E-state index is 0.264. The third-order valence-corrected chi connectivity index (χ3v) is 3.15. The van der Waals surface area contributed by atoms with E-state index in [9.17, 15) is 0 Å². The molecule has 3 N–H and O–H groups in total. The number of hydrogen-bond donors (Lipinski definition) is 2. The molecule has 0 bridgehead atoms. The van der Waals surface area contributed by atoms with Gasteiger partial charge in [0.1, 0.15) is 0 Å². The lowest BCUT2D eigenvalue weighted by Gasteiger charge is -2.15. The lowest BCUT2D eigenvalue weighted by molar-refractivity contribution is 0.611. The zero-order valence-corrected chi connectivity index (χ0v) is 9.60. The van der Waals surface area contributed by atoms with Crippen LogP contribution in [0.2, 0.25) is 0 Å². The van der Waals surface area contributed by atoms with Crippen molar-refractivity contribution in [2.24, 2.45) is 5.84 Å². The number of aryl methyl sites for hydroxylation is 1. The van der Waals surface area contributed by atoms with E-state index in [0.717, 1.165) is 11.5 Å². The van der Waals surface area contributed by atoms with Crippen molar-refractivity contribution in [2.45, 2.75) is 19.9 Å². The van der Waals surface area contributed by atoms with Crippen LogP contribution in [0.5, 0.6) is 0 Å². The fourth-order valence-corrected chi connectivity index (χ4v) is 2.04. The topological polar surface area (TPSA) is 38.0 Å². The molecule has 0 heterocycles. The summed E-state index contributed by atoms with van der Waals surface area (Å²) in [4.78, 5) is 0. The number of hydrazine groups is 1. The Kier molecular flexibility index (Phi) is 5.01. The highest BCUT2D eigenvalue weighted by molar-refractivity contribution is 7.99. The second-order valence-electron chi connectivity index (χ2n) is 3.29. The van der Waals surface area contributed by atoms with Gasteiger partial charge in [0.25, 0.3) is 0 Å². The fourth-order valence-electron chi connectivity index (χ4n) is 1.28. The monoisotopic (exact) mass is 210 g/mol. The molecule has 2 nitrogen and oxygen atoms in total. The lowest BCUT2D eigenvalue weighted by atomic mass is 10.1. The quantitative estimate of drug-likeness (QED) is 0.578. The van der Waals surface area contributed by atoms with Crippen LogP contribution in [0.15, 0.2) is 24.3 Å². The molecule has 0 aliphatic rings. The third kappa shape index (κ3) is 3.33. The van der Waals surface area contributed by atoms with Crippen molar-refractivity contribution in [3.63, 3.8) is 0 Å². The van der Waals surface area contributed by atoms with Crippen LogP contribution in [0.3, 0.4) is 0 Å². The van der Waals surface area contributed by atoms with Crippen LogP contribution in [0.25, 0.3) is 0 Å². The molecule has 14 heavy (non-hydrogen) atoms. The molecule has 0 saturated heterocycles. The minimum atomic E-state index is 0.264. The second kappa shape index (κ2) is 6.06. The van der Waals surface area contributed by atoms with Gasteiger partial charge in [0.05, 0.1) is 6.04 Å². The molecular formula is C11H18N2S. The van der Waals surface area contributed by atoms with Crippen LogP contribution in [0.1, 0.15) is 24.1 Å². The van der Waals surface area contributed by atoms with Gasteiger partial charge in [0.2, 0.25) is 0 Å². The fraction of sp³-hybridized carbons (Fsp3) is 0.455. The maximum absolute atomic E-state index is 5.52. The van der Waals surface area contributed by atoms with E-state index in [1.165, 1.54) is 11.1 Å². The average molecular weight is 210 g/mol. The van der Waals surface area contributed by atoms with E-state index in [2.05, 4.69) is 43.5 Å². The molecule has 1 unspecified atom stereocenters. The Morgan fingerprint density at radius 2 is 2.00 bits per heavy atom. The normalized spacial score (nSPS) is 12.8. The van der Waals surface area contributed by atoms with Gasteiger partial charge in [0, 0.05) is 5.75 Å². The van der Waals surface area contributed by atoms with Gasteiger partial charge in [-0.2, -0.15) is 11.8 Å². The lowest BCUT2D eigenvalue weighted by Crippen LogP contribution is -2.29. The molecule has 0 fully saturated rings. The molecule has 0 radical (unpaired) electrons. The van der Waals surface area contributed by atoms with Gasteiger partial charge in [-0.05, 0) is 18.2 Å². The zero-order chi connectivity index (χ0) is 10.4. The molecule has 0 aromatic heterocycles. The van der Waals surface area contributed by atoms with Gasteiger partial charge in [-0.25, -0.2) is 0 Å². The summed E-state index contributed by atoms with van der Waals surface area (Å²) in [6.45, 7) is 4.25. The van der Waals surface area contributed by atoms with E-state index in [4.69, 9.17) is 5.84 Å². The van der Waals surface area contributed by atoms with E-state index < -0.39 is 0 Å². The molecule has 1 aromatic carbocycles. The van der Waals surface area contributed by atoms with Crippen LogP contribution >= 0.6 is 11.8 Å². The van der Waals surface area contributed by atoms with E-state index in [1.54, 1.807) is 0 Å². The number of thioether (sulfide) groups is 1. The summed E-state index contributed by atoms with van der Waals surface area (Å²) in [5, 5.41) is 0. The van der Waals surface area contributed by atoms with Crippen LogP contribution in [0.4, 0.5) is 0 Å². The predicted molar refractivity (Wildman–Crippen MR) is 64.2 cm³/mol. The van der Waals surface area contributed by atoms with Gasteiger partial charge in [-0.15, -0.1) is 0 Å². The first-order valence-corrected chi connectivity index (χ1v) is 6.03. The van der Waals surface area contributed by atoms with Crippen LogP contribution in [0, 0.1) is 6.92 Å². The van der Waals surface area contributed by atoms with Crippen molar-refractivity contribution in [3.8, 4) is 0 Å². The van der Waals surface area contributed by atoms with E-state index in [1.807, 2.05) is 11.8 Å². The largest absolute Gasteiger partial charge is 0.271 e. The summed E-state index contributed by atoms with van der Waals surface area (Å²) in [6.07, 6.45) is 0. The van der Waals surface area contributed by atoms with Crippen molar-refractivity contribution >= 4 is 11.8 Å². The Bertz CT molecular complexity index is 258. The van der Waals surface area contributed by atoms with Gasteiger partial charge >= 0.3 is 0 Å². The zero-order valence-electron chi connectivity index (χ0n) is 8.79. The molecule has 0 amide bonds. The summed E-state index contributed by atoms with van der Waals surface area (Å²) >= 11 is 1.90. The molecule has 78 valence electrons. The van der Waals surface area contributed by atoms with Crippen molar-refractivity contribution < 1.29 is 0 Å². The summed E-state index contributed by atoms with van der Waals surface area (Å²) in [7, 11) is 0. The Hall–Kier alpha value is -0.510. The van der Waals surface area contributed by atoms with E-state index in [0.29, 0.717) is 0 Å². The van der Waals surface area contributed by atoms with Crippen LogP contribution in [-0.2, 0) is 0 Å². The van der Waals surface area contributed by atoms with E-state index in [-0.39, 0.29) is 6.04 Å². The standard InChI is InChI=1S/C11H18N2S/c1-3-14-8-11(13-12)10-6-4-9(2)5-7-10/h4-7,11,13H,3,8,12H2,1-2H3. The average Bonchev–Trinajstić information content (AvgIpc) is 2.21. The minimum Gasteiger partial charge on any atom is -0.271 e. The highest BCUT2D eigenvalue weighted by atomic mass is 32.2. The molecule has 3 heteroatoms. The molecule has 0 spiro atoms. The highest BCUT2D eigenvalue weighted by Gasteiger charge is 2.07.